The Labute approximate surface area is 128 Å². The molecule has 0 radical (unpaired) electrons. The van der Waals surface area contributed by atoms with Gasteiger partial charge in [0, 0.05) is 12.1 Å². The molecule has 1 aromatic rings. The van der Waals surface area contributed by atoms with Crippen molar-refractivity contribution in [1.29, 1.82) is 0 Å². The molecule has 0 aromatic carbocycles. The predicted octanol–water partition coefficient (Wildman–Crippen LogP) is -1.05. The summed E-state index contributed by atoms with van der Waals surface area (Å²) < 4.78 is 1.28. The van der Waals surface area contributed by atoms with Crippen LogP contribution in [-0.2, 0) is 16.1 Å². The summed E-state index contributed by atoms with van der Waals surface area (Å²) in [4.78, 5) is 22.6. The average molecular weight is 313 g/mol. The van der Waals surface area contributed by atoms with Gasteiger partial charge in [0.15, 0.2) is 0 Å². The Kier molecular flexibility index (Phi) is 6.70. The fraction of sp³-hybridized carbons (Fsp3) is 0.750. The maximum absolute atomic E-state index is 11.8. The van der Waals surface area contributed by atoms with E-state index in [2.05, 4.69) is 39.6 Å². The maximum Gasteiger partial charge on any atom is 0.290 e. The van der Waals surface area contributed by atoms with Crippen LogP contribution in [0.4, 0.5) is 5.95 Å². The zero-order valence-electron chi connectivity index (χ0n) is 12.9. The lowest BCUT2D eigenvalue weighted by Gasteiger charge is -2.35. The van der Waals surface area contributed by atoms with Crippen molar-refractivity contribution in [1.82, 2.24) is 30.4 Å². The summed E-state index contributed by atoms with van der Waals surface area (Å²) >= 11 is 0. The molecule has 10 nitrogen and oxygen atoms in total. The Balaban J connectivity index is 0.000000745. The van der Waals surface area contributed by atoms with E-state index in [1.165, 1.54) is 17.5 Å². The van der Waals surface area contributed by atoms with Crippen molar-refractivity contribution in [2.45, 2.75) is 38.8 Å². The quantitative estimate of drug-likeness (QED) is 0.585. The van der Waals surface area contributed by atoms with Gasteiger partial charge in [0.05, 0.1) is 0 Å². The number of carboxylic acid groups (broad SMARTS) is 1. The molecule has 0 bridgehead atoms. The first-order chi connectivity index (χ1) is 10.4. The molecule has 1 aromatic heterocycles. The number of nitrogens with two attached hydrogens (primary N) is 1. The van der Waals surface area contributed by atoms with Gasteiger partial charge in [-0.1, -0.05) is 5.10 Å². The van der Waals surface area contributed by atoms with Crippen LogP contribution in [0.3, 0.4) is 0 Å². The zero-order valence-corrected chi connectivity index (χ0v) is 12.9. The Bertz CT molecular complexity index is 483. The number of amides is 1. The first-order valence-electron chi connectivity index (χ1n) is 7.02. The molecule has 1 amide bonds. The van der Waals surface area contributed by atoms with Gasteiger partial charge in [-0.25, -0.2) is 4.68 Å². The van der Waals surface area contributed by atoms with Gasteiger partial charge in [-0.2, -0.15) is 0 Å². The van der Waals surface area contributed by atoms with Crippen LogP contribution in [0.2, 0.25) is 0 Å². The van der Waals surface area contributed by atoms with Crippen LogP contribution < -0.4 is 11.1 Å². The third kappa shape index (κ3) is 5.28. The van der Waals surface area contributed by atoms with Crippen LogP contribution in [0.15, 0.2) is 0 Å². The fourth-order valence-electron chi connectivity index (χ4n) is 2.27. The van der Waals surface area contributed by atoms with Crippen LogP contribution in [0.1, 0.15) is 26.7 Å². The summed E-state index contributed by atoms with van der Waals surface area (Å²) in [7, 11) is 0. The van der Waals surface area contributed by atoms with Gasteiger partial charge in [-0.05, 0) is 50.2 Å². The first-order valence-corrected chi connectivity index (χ1v) is 7.02. The Morgan fingerprint density at radius 1 is 1.45 bits per heavy atom. The summed E-state index contributed by atoms with van der Waals surface area (Å²) in [5, 5.41) is 20.4. The van der Waals surface area contributed by atoms with Gasteiger partial charge in [0.25, 0.3) is 6.47 Å². The van der Waals surface area contributed by atoms with Gasteiger partial charge < -0.3 is 16.2 Å². The number of anilines is 1. The molecule has 2 rings (SSSR count). The van der Waals surface area contributed by atoms with E-state index in [1.807, 2.05) is 0 Å². The van der Waals surface area contributed by atoms with Gasteiger partial charge in [0.2, 0.25) is 11.9 Å². The van der Waals surface area contributed by atoms with E-state index in [4.69, 9.17) is 15.6 Å². The molecule has 22 heavy (non-hydrogen) atoms. The number of rotatable bonds is 5. The molecular weight excluding hydrogens is 290 g/mol. The summed E-state index contributed by atoms with van der Waals surface area (Å²) in [6, 6.07) is 0. The minimum Gasteiger partial charge on any atom is -0.483 e. The minimum atomic E-state index is -0.250. The molecule has 124 valence electrons. The number of hydrogen-bond acceptors (Lipinski definition) is 7. The normalized spacial score (nSPS) is 15.0. The Morgan fingerprint density at radius 2 is 2.05 bits per heavy atom. The van der Waals surface area contributed by atoms with Crippen molar-refractivity contribution >= 4 is 18.3 Å². The minimum absolute atomic E-state index is 0.0294. The van der Waals surface area contributed by atoms with Crippen molar-refractivity contribution in [3.05, 3.63) is 0 Å². The molecule has 1 saturated heterocycles. The van der Waals surface area contributed by atoms with Crippen molar-refractivity contribution in [3.8, 4) is 0 Å². The lowest BCUT2D eigenvalue weighted by Crippen LogP contribution is -2.50. The van der Waals surface area contributed by atoms with Gasteiger partial charge in [-0.3, -0.25) is 14.5 Å². The van der Waals surface area contributed by atoms with E-state index < -0.39 is 0 Å². The van der Waals surface area contributed by atoms with E-state index in [9.17, 15) is 4.79 Å². The lowest BCUT2D eigenvalue weighted by atomic mass is 10.0. The van der Waals surface area contributed by atoms with Crippen molar-refractivity contribution in [2.24, 2.45) is 0 Å². The van der Waals surface area contributed by atoms with Crippen LogP contribution in [0.5, 0.6) is 0 Å². The number of nitrogens with zero attached hydrogens (tertiary/aromatic N) is 5. The summed E-state index contributed by atoms with van der Waals surface area (Å²) in [5.74, 6) is 0.0141. The highest BCUT2D eigenvalue weighted by Gasteiger charge is 2.29. The van der Waals surface area contributed by atoms with Crippen LogP contribution in [-0.4, -0.2) is 67.8 Å². The number of carbonyl (C=O) groups excluding carboxylic acids is 1. The molecular formula is C12H23N7O3. The molecule has 1 aliphatic heterocycles. The second-order valence-electron chi connectivity index (χ2n) is 5.58. The fourth-order valence-corrected chi connectivity index (χ4v) is 2.27. The molecule has 0 aliphatic carbocycles. The number of nitrogens with one attached hydrogen (secondary N) is 1. The number of hydrogen-bond donors (Lipinski definition) is 3. The Morgan fingerprint density at radius 3 is 2.55 bits per heavy atom. The maximum atomic E-state index is 11.8. The van der Waals surface area contributed by atoms with E-state index in [1.54, 1.807) is 0 Å². The van der Waals surface area contributed by atoms with Crippen molar-refractivity contribution < 1.29 is 14.7 Å². The predicted molar refractivity (Wildman–Crippen MR) is 78.8 cm³/mol. The SMILES string of the molecule is CC(C)(CNC(=O)Cn1nnnc1N)N1CCCC1.O=CO. The van der Waals surface area contributed by atoms with Crippen molar-refractivity contribution in [3.63, 3.8) is 0 Å². The summed E-state index contributed by atoms with van der Waals surface area (Å²) in [6.45, 7) is 6.89. The van der Waals surface area contributed by atoms with Crippen LogP contribution in [0.25, 0.3) is 0 Å². The van der Waals surface area contributed by atoms with E-state index in [0.29, 0.717) is 6.54 Å². The second kappa shape index (κ2) is 8.27. The third-order valence-corrected chi connectivity index (χ3v) is 3.53. The smallest absolute Gasteiger partial charge is 0.290 e. The van der Waals surface area contributed by atoms with E-state index in [0.717, 1.165) is 13.1 Å². The highest BCUT2D eigenvalue weighted by atomic mass is 16.3. The number of likely N-dealkylation sites (tertiary alicyclic amines) is 1. The highest BCUT2D eigenvalue weighted by Crippen LogP contribution is 2.19. The molecule has 0 unspecified atom stereocenters. The van der Waals surface area contributed by atoms with E-state index in [-0.39, 0.29) is 30.4 Å². The molecule has 4 N–H and O–H groups in total. The number of carbonyl (C=O) groups is 2. The second-order valence-corrected chi connectivity index (χ2v) is 5.58. The molecule has 0 atom stereocenters. The Hall–Kier alpha value is -2.23. The molecule has 10 heteroatoms. The number of tetrazole rings is 1. The summed E-state index contributed by atoms with van der Waals surface area (Å²) in [5.41, 5.74) is 5.48. The molecule has 2 heterocycles. The van der Waals surface area contributed by atoms with Gasteiger partial charge in [0.1, 0.15) is 6.54 Å². The number of aromatic nitrogens is 4. The highest BCUT2D eigenvalue weighted by molar-refractivity contribution is 5.75. The first kappa shape index (κ1) is 17.8. The average Bonchev–Trinajstić information content (AvgIpc) is 3.11. The molecule has 1 fully saturated rings. The van der Waals surface area contributed by atoms with Crippen LogP contribution in [0, 0.1) is 0 Å². The topological polar surface area (TPSA) is 139 Å². The largest absolute Gasteiger partial charge is 0.483 e. The lowest BCUT2D eigenvalue weighted by molar-refractivity contribution is -0.123. The molecule has 0 saturated carbocycles. The van der Waals surface area contributed by atoms with Gasteiger partial charge >= 0.3 is 0 Å². The number of nitrogen functional groups attached to an aromatic ring is 1. The zero-order chi connectivity index (χ0) is 16.6. The van der Waals surface area contributed by atoms with Crippen molar-refractivity contribution in [2.75, 3.05) is 25.4 Å². The third-order valence-electron chi connectivity index (χ3n) is 3.53. The summed E-state index contributed by atoms with van der Waals surface area (Å²) in [6.07, 6.45) is 2.47. The standard InChI is InChI=1S/C11H21N7O.CH2O2/c1-11(2,17-5-3-4-6-17)8-13-9(19)7-18-10(12)14-15-16-18;2-1-3/h3-8H2,1-2H3,(H,13,19)(H2,12,14,16);1H,(H,2,3). The monoisotopic (exact) mass is 313 g/mol. The van der Waals surface area contributed by atoms with Crippen LogP contribution >= 0.6 is 0 Å². The molecule has 0 spiro atoms. The molecule has 1 aliphatic rings. The van der Waals surface area contributed by atoms with Gasteiger partial charge in [-0.15, -0.1) is 0 Å². The van der Waals surface area contributed by atoms with E-state index >= 15 is 0 Å².